The number of rotatable bonds is 5. The summed E-state index contributed by atoms with van der Waals surface area (Å²) in [7, 11) is 0. The van der Waals surface area contributed by atoms with Crippen molar-refractivity contribution in [2.75, 3.05) is 6.61 Å². The van der Waals surface area contributed by atoms with Gasteiger partial charge < -0.3 is 10.5 Å². The van der Waals surface area contributed by atoms with Gasteiger partial charge in [-0.3, -0.25) is 4.79 Å². The first kappa shape index (κ1) is 13.8. The Morgan fingerprint density at radius 2 is 2.21 bits per heavy atom. The third-order valence-corrected chi connectivity index (χ3v) is 3.73. The minimum atomic E-state index is -0.320. The highest BCUT2D eigenvalue weighted by molar-refractivity contribution is 7.13. The molecule has 0 aliphatic heterocycles. The quantitative estimate of drug-likeness (QED) is 0.851. The number of carbonyl (C=O) groups is 1. The lowest BCUT2D eigenvalue weighted by Gasteiger charge is -2.12. The molecule has 3 nitrogen and oxygen atoms in total. The Morgan fingerprint density at radius 3 is 2.89 bits per heavy atom. The molecule has 4 heteroatoms. The fraction of sp³-hybridized carbons (Fsp3) is 0.267. The summed E-state index contributed by atoms with van der Waals surface area (Å²) in [5.74, 6) is -0.253. The van der Waals surface area contributed by atoms with Crippen LogP contribution < -0.4 is 5.73 Å². The molecular weight excluding hydrogens is 258 g/mol. The maximum Gasteiger partial charge on any atom is 0.307 e. The number of benzene rings is 1. The lowest BCUT2D eigenvalue weighted by Crippen LogP contribution is -2.17. The largest absolute Gasteiger partial charge is 0.466 e. The van der Waals surface area contributed by atoms with E-state index in [4.69, 9.17) is 10.5 Å². The van der Waals surface area contributed by atoms with Crippen LogP contribution in [0.15, 0.2) is 41.8 Å². The van der Waals surface area contributed by atoms with Gasteiger partial charge in [-0.1, -0.05) is 24.3 Å². The van der Waals surface area contributed by atoms with Crippen LogP contribution in [0.4, 0.5) is 0 Å². The van der Waals surface area contributed by atoms with Crippen LogP contribution in [0.2, 0.25) is 0 Å². The number of carbonyl (C=O) groups excluding carboxylic acids is 1. The van der Waals surface area contributed by atoms with Crippen molar-refractivity contribution < 1.29 is 9.53 Å². The molecule has 0 saturated heterocycles. The minimum Gasteiger partial charge on any atom is -0.466 e. The van der Waals surface area contributed by atoms with Crippen molar-refractivity contribution in [3.05, 3.63) is 47.3 Å². The molecule has 1 aromatic heterocycles. The highest BCUT2D eigenvalue weighted by atomic mass is 32.1. The minimum absolute atomic E-state index is 0.210. The van der Waals surface area contributed by atoms with E-state index in [1.807, 2.05) is 35.7 Å². The number of hydrogen-bond acceptors (Lipinski definition) is 4. The number of thiophene rings is 1. The molecule has 2 aromatic rings. The lowest BCUT2D eigenvalue weighted by atomic mass is 10.0. The lowest BCUT2D eigenvalue weighted by molar-refractivity contribution is -0.143. The fourth-order valence-corrected chi connectivity index (χ4v) is 2.61. The van der Waals surface area contributed by atoms with Crippen molar-refractivity contribution in [3.8, 4) is 10.4 Å². The molecule has 1 heterocycles. The van der Waals surface area contributed by atoms with E-state index < -0.39 is 0 Å². The highest BCUT2D eigenvalue weighted by Crippen LogP contribution is 2.27. The fourth-order valence-electron chi connectivity index (χ4n) is 1.88. The Labute approximate surface area is 117 Å². The molecule has 0 radical (unpaired) electrons. The third-order valence-electron chi connectivity index (χ3n) is 2.81. The molecular formula is C15H17NO2S. The molecule has 0 bridgehead atoms. The van der Waals surface area contributed by atoms with Gasteiger partial charge in [-0.05, 0) is 35.6 Å². The molecule has 19 heavy (non-hydrogen) atoms. The van der Waals surface area contributed by atoms with Crippen molar-refractivity contribution >= 4 is 17.3 Å². The van der Waals surface area contributed by atoms with Crippen LogP contribution in [-0.4, -0.2) is 12.6 Å². The number of nitrogens with two attached hydrogens (primary N) is 1. The molecule has 2 rings (SSSR count). The molecule has 0 saturated carbocycles. The van der Waals surface area contributed by atoms with Gasteiger partial charge in [0.1, 0.15) is 0 Å². The van der Waals surface area contributed by atoms with E-state index in [-0.39, 0.29) is 18.4 Å². The van der Waals surface area contributed by atoms with Gasteiger partial charge in [0.15, 0.2) is 0 Å². The second-order valence-corrected chi connectivity index (χ2v) is 5.17. The molecule has 100 valence electrons. The van der Waals surface area contributed by atoms with E-state index in [2.05, 4.69) is 6.07 Å². The highest BCUT2D eigenvalue weighted by Gasteiger charge is 2.13. The molecule has 0 amide bonds. The average molecular weight is 275 g/mol. The van der Waals surface area contributed by atoms with Crippen molar-refractivity contribution in [2.45, 2.75) is 19.4 Å². The third kappa shape index (κ3) is 3.66. The van der Waals surface area contributed by atoms with Crippen LogP contribution in [0.5, 0.6) is 0 Å². The molecule has 0 aliphatic carbocycles. The summed E-state index contributed by atoms with van der Waals surface area (Å²) in [6, 6.07) is 11.8. The SMILES string of the molecule is CCOC(=O)C[C@H](N)c1cccc(-c2cccs2)c1. The zero-order valence-corrected chi connectivity index (χ0v) is 11.7. The smallest absolute Gasteiger partial charge is 0.307 e. The normalized spacial score (nSPS) is 12.1. The van der Waals surface area contributed by atoms with Crippen LogP contribution in [0.3, 0.4) is 0 Å². The molecule has 1 aromatic carbocycles. The second kappa shape index (κ2) is 6.50. The van der Waals surface area contributed by atoms with E-state index in [0.717, 1.165) is 11.1 Å². The van der Waals surface area contributed by atoms with Crippen molar-refractivity contribution in [1.29, 1.82) is 0 Å². The van der Waals surface area contributed by atoms with Gasteiger partial charge in [-0.25, -0.2) is 0 Å². The Hall–Kier alpha value is -1.65. The summed E-state index contributed by atoms with van der Waals surface area (Å²) in [6.07, 6.45) is 0.210. The number of hydrogen-bond donors (Lipinski definition) is 1. The first-order valence-corrected chi connectivity index (χ1v) is 7.13. The molecule has 0 aliphatic rings. The number of esters is 1. The van der Waals surface area contributed by atoms with Crippen molar-refractivity contribution in [3.63, 3.8) is 0 Å². The van der Waals surface area contributed by atoms with Crippen LogP contribution >= 0.6 is 11.3 Å². The maximum absolute atomic E-state index is 11.4. The van der Waals surface area contributed by atoms with Crippen LogP contribution in [0.1, 0.15) is 24.9 Å². The van der Waals surface area contributed by atoms with E-state index in [1.54, 1.807) is 18.3 Å². The topological polar surface area (TPSA) is 52.3 Å². The Kier molecular flexibility index (Phi) is 4.71. The Bertz CT molecular complexity index is 537. The van der Waals surface area contributed by atoms with Crippen molar-refractivity contribution in [1.82, 2.24) is 0 Å². The second-order valence-electron chi connectivity index (χ2n) is 4.22. The van der Waals surface area contributed by atoms with Crippen LogP contribution in [0.25, 0.3) is 10.4 Å². The predicted octanol–water partition coefficient (Wildman–Crippen LogP) is 3.37. The van der Waals surface area contributed by atoms with E-state index >= 15 is 0 Å². The van der Waals surface area contributed by atoms with E-state index in [1.165, 1.54) is 4.88 Å². The van der Waals surface area contributed by atoms with Crippen molar-refractivity contribution in [2.24, 2.45) is 5.73 Å². The maximum atomic E-state index is 11.4. The van der Waals surface area contributed by atoms with Gasteiger partial charge in [0.05, 0.1) is 13.0 Å². The first-order valence-electron chi connectivity index (χ1n) is 6.25. The predicted molar refractivity (Wildman–Crippen MR) is 77.9 cm³/mol. The van der Waals surface area contributed by atoms with Gasteiger partial charge in [0.2, 0.25) is 0 Å². The average Bonchev–Trinajstić information content (AvgIpc) is 2.93. The van der Waals surface area contributed by atoms with Gasteiger partial charge in [-0.2, -0.15) is 0 Å². The standard InChI is InChI=1S/C15H17NO2S/c1-2-18-15(17)10-13(16)11-5-3-6-12(9-11)14-7-4-8-19-14/h3-9,13H,2,10,16H2,1H3/t13-/m0/s1. The number of ether oxygens (including phenoxy) is 1. The molecule has 0 fully saturated rings. The molecule has 0 spiro atoms. The van der Waals surface area contributed by atoms with Crippen LogP contribution in [-0.2, 0) is 9.53 Å². The monoisotopic (exact) mass is 275 g/mol. The zero-order chi connectivity index (χ0) is 13.7. The summed E-state index contributed by atoms with van der Waals surface area (Å²) < 4.78 is 4.92. The Balaban J connectivity index is 2.12. The summed E-state index contributed by atoms with van der Waals surface area (Å²) in [6.45, 7) is 2.18. The van der Waals surface area contributed by atoms with Gasteiger partial charge in [-0.15, -0.1) is 11.3 Å². The zero-order valence-electron chi connectivity index (χ0n) is 10.8. The molecule has 0 unspecified atom stereocenters. The van der Waals surface area contributed by atoms with Gasteiger partial charge >= 0.3 is 5.97 Å². The van der Waals surface area contributed by atoms with E-state index in [0.29, 0.717) is 6.61 Å². The van der Waals surface area contributed by atoms with Gasteiger partial charge in [0, 0.05) is 10.9 Å². The first-order chi connectivity index (χ1) is 9.20. The van der Waals surface area contributed by atoms with Crippen LogP contribution in [0, 0.1) is 0 Å². The summed E-state index contributed by atoms with van der Waals surface area (Å²) in [4.78, 5) is 12.6. The summed E-state index contributed by atoms with van der Waals surface area (Å²) >= 11 is 1.69. The summed E-state index contributed by atoms with van der Waals surface area (Å²) in [5.41, 5.74) is 8.14. The van der Waals surface area contributed by atoms with E-state index in [9.17, 15) is 4.79 Å². The summed E-state index contributed by atoms with van der Waals surface area (Å²) in [5, 5.41) is 2.04. The van der Waals surface area contributed by atoms with Gasteiger partial charge in [0.25, 0.3) is 0 Å². The Morgan fingerprint density at radius 1 is 1.37 bits per heavy atom. The molecule has 2 N–H and O–H groups in total. The molecule has 1 atom stereocenters.